The normalized spacial score (nSPS) is 21.2. The van der Waals surface area contributed by atoms with E-state index in [1.54, 1.807) is 13.1 Å². The van der Waals surface area contributed by atoms with Gasteiger partial charge in [0, 0.05) is 11.6 Å². The highest BCUT2D eigenvalue weighted by atomic mass is 16.3. The number of imidazole rings is 1. The fourth-order valence-electron chi connectivity index (χ4n) is 4.21. The second-order valence-corrected chi connectivity index (χ2v) is 7.81. The summed E-state index contributed by atoms with van der Waals surface area (Å²) in [6, 6.07) is 10.6. The summed E-state index contributed by atoms with van der Waals surface area (Å²) in [5, 5.41) is 23.8. The summed E-state index contributed by atoms with van der Waals surface area (Å²) in [6.45, 7) is 1.72. The van der Waals surface area contributed by atoms with Gasteiger partial charge in [0.2, 0.25) is 11.9 Å². The minimum absolute atomic E-state index is 0.00629. The number of anilines is 2. The second kappa shape index (κ2) is 6.64. The number of aromatic nitrogens is 5. The van der Waals surface area contributed by atoms with Gasteiger partial charge in [-0.05, 0) is 44.4 Å². The first-order valence-electron chi connectivity index (χ1n) is 9.73. The van der Waals surface area contributed by atoms with Crippen LogP contribution in [0.2, 0.25) is 0 Å². The first-order chi connectivity index (χ1) is 14.5. The van der Waals surface area contributed by atoms with Gasteiger partial charge in [-0.15, -0.1) is 0 Å². The molecule has 1 saturated carbocycles. The molecule has 5 rings (SSSR count). The lowest BCUT2D eigenvalue weighted by atomic mass is 9.99. The van der Waals surface area contributed by atoms with Crippen LogP contribution in [-0.2, 0) is 0 Å². The number of aromatic amines is 1. The molecule has 1 aromatic carbocycles. The van der Waals surface area contributed by atoms with Gasteiger partial charge in [-0.3, -0.25) is 14.7 Å². The molecule has 9 heteroatoms. The van der Waals surface area contributed by atoms with E-state index in [2.05, 4.69) is 25.3 Å². The summed E-state index contributed by atoms with van der Waals surface area (Å²) in [6.07, 6.45) is 3.57. The number of rotatable bonds is 3. The van der Waals surface area contributed by atoms with Gasteiger partial charge in [-0.1, -0.05) is 12.1 Å². The molecule has 3 aromatic heterocycles. The Bertz CT molecular complexity index is 1350. The van der Waals surface area contributed by atoms with Crippen molar-refractivity contribution in [2.45, 2.75) is 37.8 Å². The molecule has 4 aromatic rings. The van der Waals surface area contributed by atoms with Crippen LogP contribution < -0.4 is 10.9 Å². The van der Waals surface area contributed by atoms with Gasteiger partial charge in [0.15, 0.2) is 0 Å². The fraction of sp³-hybridized carbons (Fsp3) is 0.286. The molecule has 1 aliphatic rings. The maximum atomic E-state index is 13.0. The van der Waals surface area contributed by atoms with Crippen molar-refractivity contribution in [2.24, 2.45) is 0 Å². The van der Waals surface area contributed by atoms with Crippen LogP contribution in [0.25, 0.3) is 22.1 Å². The molecule has 9 nitrogen and oxygen atoms in total. The van der Waals surface area contributed by atoms with Crippen molar-refractivity contribution < 1.29 is 5.11 Å². The Morgan fingerprint density at radius 2 is 2.20 bits per heavy atom. The van der Waals surface area contributed by atoms with Crippen LogP contribution in [0.5, 0.6) is 0 Å². The van der Waals surface area contributed by atoms with Crippen molar-refractivity contribution in [3.63, 3.8) is 0 Å². The molecule has 3 heterocycles. The van der Waals surface area contributed by atoms with Crippen molar-refractivity contribution in [3.05, 3.63) is 52.4 Å². The Hall–Kier alpha value is -3.77. The zero-order valence-corrected chi connectivity index (χ0v) is 16.3. The third-order valence-electron chi connectivity index (χ3n) is 5.70. The molecule has 3 N–H and O–H groups in total. The van der Waals surface area contributed by atoms with Gasteiger partial charge in [-0.2, -0.15) is 10.2 Å². The first kappa shape index (κ1) is 18.3. The standard InChI is InChI=1S/C21H19N7O2/c1-21(30)8-4-7-16(21)28-17-13(9-12(10-22)18(28)29)11-23-19(26-17)27-20-24-14-5-2-3-6-15(14)25-20/h2-3,5-6,9,11,16,30H,4,7-8H2,1H3,(H2,23,24,25,26,27). The number of hydrogen-bond acceptors (Lipinski definition) is 7. The van der Waals surface area contributed by atoms with Crippen LogP contribution in [0.4, 0.5) is 11.9 Å². The summed E-state index contributed by atoms with van der Waals surface area (Å²) in [4.78, 5) is 29.5. The van der Waals surface area contributed by atoms with Crippen LogP contribution in [0.15, 0.2) is 41.3 Å². The molecule has 0 radical (unpaired) electrons. The number of nitrogens with zero attached hydrogens (tertiary/aromatic N) is 5. The highest BCUT2D eigenvalue weighted by molar-refractivity contribution is 5.79. The summed E-state index contributed by atoms with van der Waals surface area (Å²) < 4.78 is 1.45. The molecule has 1 aliphatic carbocycles. The third-order valence-corrected chi connectivity index (χ3v) is 5.70. The van der Waals surface area contributed by atoms with Crippen LogP contribution in [0, 0.1) is 11.3 Å². The lowest BCUT2D eigenvalue weighted by molar-refractivity contribution is 0.0266. The Kier molecular flexibility index (Phi) is 4.04. The monoisotopic (exact) mass is 401 g/mol. The molecule has 0 bridgehead atoms. The van der Waals surface area contributed by atoms with Gasteiger partial charge in [0.25, 0.3) is 5.56 Å². The van der Waals surface area contributed by atoms with E-state index in [9.17, 15) is 15.2 Å². The molecule has 30 heavy (non-hydrogen) atoms. The zero-order valence-electron chi connectivity index (χ0n) is 16.3. The second-order valence-electron chi connectivity index (χ2n) is 7.81. The Morgan fingerprint density at radius 3 is 2.93 bits per heavy atom. The van der Waals surface area contributed by atoms with E-state index >= 15 is 0 Å². The largest absolute Gasteiger partial charge is 0.388 e. The Balaban J connectivity index is 1.65. The number of aliphatic hydroxyl groups is 1. The summed E-state index contributed by atoms with van der Waals surface area (Å²) >= 11 is 0. The quantitative estimate of drug-likeness (QED) is 0.481. The van der Waals surface area contributed by atoms with Crippen LogP contribution in [0.3, 0.4) is 0 Å². The summed E-state index contributed by atoms with van der Waals surface area (Å²) in [5.74, 6) is 0.739. The Morgan fingerprint density at radius 1 is 1.37 bits per heavy atom. The summed E-state index contributed by atoms with van der Waals surface area (Å²) in [5.41, 5.74) is 0.552. The van der Waals surface area contributed by atoms with E-state index in [-0.39, 0.29) is 11.5 Å². The average Bonchev–Trinajstić information content (AvgIpc) is 3.29. The first-order valence-corrected chi connectivity index (χ1v) is 9.73. The molecule has 2 atom stereocenters. The van der Waals surface area contributed by atoms with Gasteiger partial charge in [0.1, 0.15) is 17.3 Å². The number of nitrogens with one attached hydrogen (secondary N) is 2. The molecular formula is C21H19N7O2. The predicted octanol–water partition coefficient (Wildman–Crippen LogP) is 2.76. The Labute approximate surface area is 171 Å². The molecule has 0 spiro atoms. The van der Waals surface area contributed by atoms with Crippen molar-refractivity contribution >= 4 is 34.0 Å². The number of fused-ring (bicyclic) bond motifs is 2. The van der Waals surface area contributed by atoms with Crippen LogP contribution in [0.1, 0.15) is 37.8 Å². The highest BCUT2D eigenvalue weighted by Gasteiger charge is 2.39. The minimum atomic E-state index is -1.05. The van der Waals surface area contributed by atoms with Gasteiger partial charge in [-0.25, -0.2) is 9.97 Å². The predicted molar refractivity (Wildman–Crippen MR) is 111 cm³/mol. The third kappa shape index (κ3) is 2.89. The van der Waals surface area contributed by atoms with Crippen LogP contribution >= 0.6 is 0 Å². The SMILES string of the molecule is CC1(O)CCCC1n1c(=O)c(C#N)cc2cnc(Nc3nc4ccccc4[nH]3)nc21. The van der Waals surface area contributed by atoms with Gasteiger partial charge >= 0.3 is 0 Å². The molecule has 0 saturated heterocycles. The highest BCUT2D eigenvalue weighted by Crippen LogP contribution is 2.39. The van der Waals surface area contributed by atoms with Crippen molar-refractivity contribution in [1.29, 1.82) is 5.26 Å². The maximum Gasteiger partial charge on any atom is 0.270 e. The van der Waals surface area contributed by atoms with E-state index < -0.39 is 17.2 Å². The maximum absolute atomic E-state index is 13.0. The molecule has 2 unspecified atom stereocenters. The van der Waals surface area contributed by atoms with E-state index in [1.165, 1.54) is 10.6 Å². The van der Waals surface area contributed by atoms with E-state index in [4.69, 9.17) is 0 Å². The summed E-state index contributed by atoms with van der Waals surface area (Å²) in [7, 11) is 0. The molecule has 0 amide bonds. The van der Waals surface area contributed by atoms with Crippen molar-refractivity contribution in [3.8, 4) is 6.07 Å². The topological polar surface area (TPSA) is 133 Å². The number of benzene rings is 1. The van der Waals surface area contributed by atoms with E-state index in [0.717, 1.165) is 17.5 Å². The number of nitriles is 1. The van der Waals surface area contributed by atoms with E-state index in [1.807, 2.05) is 30.3 Å². The van der Waals surface area contributed by atoms with Crippen molar-refractivity contribution in [2.75, 3.05) is 5.32 Å². The molecular weight excluding hydrogens is 382 g/mol. The molecule has 0 aliphatic heterocycles. The lowest BCUT2D eigenvalue weighted by Gasteiger charge is -2.28. The van der Waals surface area contributed by atoms with Gasteiger partial charge in [0.05, 0.1) is 22.7 Å². The number of para-hydroxylation sites is 2. The minimum Gasteiger partial charge on any atom is -0.388 e. The lowest BCUT2D eigenvalue weighted by Crippen LogP contribution is -2.38. The number of pyridine rings is 1. The van der Waals surface area contributed by atoms with E-state index in [0.29, 0.717) is 29.8 Å². The van der Waals surface area contributed by atoms with Crippen LogP contribution in [-0.4, -0.2) is 35.2 Å². The molecule has 150 valence electrons. The number of H-pyrrole nitrogens is 1. The smallest absolute Gasteiger partial charge is 0.270 e. The van der Waals surface area contributed by atoms with Crippen molar-refractivity contribution in [1.82, 2.24) is 24.5 Å². The van der Waals surface area contributed by atoms with Gasteiger partial charge < -0.3 is 10.1 Å². The zero-order chi connectivity index (χ0) is 20.9. The average molecular weight is 401 g/mol. The fourth-order valence-corrected chi connectivity index (χ4v) is 4.21. The molecule has 1 fully saturated rings. The number of hydrogen-bond donors (Lipinski definition) is 3.